The van der Waals surface area contributed by atoms with Crippen molar-refractivity contribution < 1.29 is 9.53 Å². The predicted octanol–water partition coefficient (Wildman–Crippen LogP) is 0.817. The van der Waals surface area contributed by atoms with Crippen LogP contribution < -0.4 is 10.6 Å². The molecule has 6 nitrogen and oxygen atoms in total. The first-order valence-corrected chi connectivity index (χ1v) is 6.25. The molecule has 1 aromatic heterocycles. The molecule has 0 saturated carbocycles. The Balaban J connectivity index is 1.89. The highest BCUT2D eigenvalue weighted by molar-refractivity contribution is 5.92. The van der Waals surface area contributed by atoms with Crippen molar-refractivity contribution in [1.29, 1.82) is 0 Å². The lowest BCUT2D eigenvalue weighted by atomic mass is 10.2. The molecular weight excluding hydrogens is 232 g/mol. The van der Waals surface area contributed by atoms with Gasteiger partial charge in [0.1, 0.15) is 11.5 Å². The SMILES string of the molecule is CCNc1cncc(C(=O)NCC2CCCO2)n1. The Kier molecular flexibility index (Phi) is 4.46. The summed E-state index contributed by atoms with van der Waals surface area (Å²) in [4.78, 5) is 20.0. The van der Waals surface area contributed by atoms with Gasteiger partial charge >= 0.3 is 0 Å². The smallest absolute Gasteiger partial charge is 0.271 e. The summed E-state index contributed by atoms with van der Waals surface area (Å²) in [6.45, 7) is 4.03. The van der Waals surface area contributed by atoms with E-state index in [-0.39, 0.29) is 12.0 Å². The fourth-order valence-corrected chi connectivity index (χ4v) is 1.84. The fraction of sp³-hybridized carbons (Fsp3) is 0.583. The van der Waals surface area contributed by atoms with Crippen LogP contribution in [-0.4, -0.2) is 41.7 Å². The summed E-state index contributed by atoms with van der Waals surface area (Å²) in [5, 5.41) is 5.84. The molecule has 2 heterocycles. The van der Waals surface area contributed by atoms with Crippen molar-refractivity contribution >= 4 is 11.7 Å². The standard InChI is InChI=1S/C12H18N4O2/c1-2-14-11-8-13-7-10(16-11)12(17)15-6-9-4-3-5-18-9/h7-9H,2-6H2,1H3,(H,14,16)(H,15,17). The Morgan fingerprint density at radius 1 is 1.56 bits per heavy atom. The molecule has 0 aliphatic carbocycles. The van der Waals surface area contributed by atoms with E-state index in [9.17, 15) is 4.79 Å². The van der Waals surface area contributed by atoms with Gasteiger partial charge in [-0.25, -0.2) is 4.98 Å². The second-order valence-electron chi connectivity index (χ2n) is 4.16. The monoisotopic (exact) mass is 250 g/mol. The van der Waals surface area contributed by atoms with Gasteiger partial charge in [0.05, 0.1) is 18.5 Å². The molecule has 98 valence electrons. The van der Waals surface area contributed by atoms with Crippen LogP contribution in [-0.2, 0) is 4.74 Å². The summed E-state index contributed by atoms with van der Waals surface area (Å²) in [5.74, 6) is 0.403. The van der Waals surface area contributed by atoms with Crippen LogP contribution in [0.3, 0.4) is 0 Å². The average molecular weight is 250 g/mol. The van der Waals surface area contributed by atoms with Gasteiger partial charge in [-0.1, -0.05) is 0 Å². The van der Waals surface area contributed by atoms with E-state index < -0.39 is 0 Å². The van der Waals surface area contributed by atoms with E-state index >= 15 is 0 Å². The molecule has 1 aliphatic rings. The van der Waals surface area contributed by atoms with Crippen LogP contribution in [0.2, 0.25) is 0 Å². The zero-order valence-corrected chi connectivity index (χ0v) is 10.5. The molecule has 1 aliphatic heterocycles. The van der Waals surface area contributed by atoms with Crippen LogP contribution in [0.5, 0.6) is 0 Å². The second kappa shape index (κ2) is 6.30. The molecule has 18 heavy (non-hydrogen) atoms. The second-order valence-corrected chi connectivity index (χ2v) is 4.16. The van der Waals surface area contributed by atoms with Gasteiger partial charge in [0.2, 0.25) is 0 Å². The highest BCUT2D eigenvalue weighted by Crippen LogP contribution is 2.10. The third-order valence-corrected chi connectivity index (χ3v) is 2.74. The summed E-state index contributed by atoms with van der Waals surface area (Å²) < 4.78 is 5.44. The summed E-state index contributed by atoms with van der Waals surface area (Å²) >= 11 is 0. The first-order valence-electron chi connectivity index (χ1n) is 6.25. The highest BCUT2D eigenvalue weighted by atomic mass is 16.5. The number of nitrogens with one attached hydrogen (secondary N) is 2. The Morgan fingerprint density at radius 2 is 2.44 bits per heavy atom. The molecule has 2 rings (SSSR count). The molecular formula is C12H18N4O2. The Morgan fingerprint density at radius 3 is 3.17 bits per heavy atom. The first-order chi connectivity index (χ1) is 8.79. The zero-order chi connectivity index (χ0) is 12.8. The van der Waals surface area contributed by atoms with E-state index in [1.165, 1.54) is 6.20 Å². The van der Waals surface area contributed by atoms with E-state index in [0.717, 1.165) is 26.0 Å². The van der Waals surface area contributed by atoms with Gasteiger partial charge < -0.3 is 15.4 Å². The summed E-state index contributed by atoms with van der Waals surface area (Å²) in [7, 11) is 0. The van der Waals surface area contributed by atoms with Crippen molar-refractivity contribution in [3.63, 3.8) is 0 Å². The maximum atomic E-state index is 11.9. The quantitative estimate of drug-likeness (QED) is 0.809. The lowest BCUT2D eigenvalue weighted by Crippen LogP contribution is -2.32. The van der Waals surface area contributed by atoms with Crippen LogP contribution in [0.15, 0.2) is 12.4 Å². The number of rotatable bonds is 5. The molecule has 2 N–H and O–H groups in total. The van der Waals surface area contributed by atoms with Gasteiger partial charge in [-0.2, -0.15) is 0 Å². The Bertz CT molecular complexity index is 405. The van der Waals surface area contributed by atoms with Crippen molar-refractivity contribution in [3.8, 4) is 0 Å². The number of carbonyl (C=O) groups excluding carboxylic acids is 1. The molecule has 1 amide bonds. The maximum Gasteiger partial charge on any atom is 0.271 e. The number of ether oxygens (including phenoxy) is 1. The van der Waals surface area contributed by atoms with Gasteiger partial charge in [-0.05, 0) is 19.8 Å². The molecule has 1 saturated heterocycles. The highest BCUT2D eigenvalue weighted by Gasteiger charge is 2.17. The molecule has 1 atom stereocenters. The van der Waals surface area contributed by atoms with Crippen LogP contribution in [0.25, 0.3) is 0 Å². The molecule has 0 spiro atoms. The fourth-order valence-electron chi connectivity index (χ4n) is 1.84. The van der Waals surface area contributed by atoms with E-state index in [1.54, 1.807) is 6.20 Å². The molecule has 1 aromatic rings. The minimum absolute atomic E-state index is 0.138. The number of amides is 1. The molecule has 0 bridgehead atoms. The van der Waals surface area contributed by atoms with E-state index in [2.05, 4.69) is 20.6 Å². The van der Waals surface area contributed by atoms with Gasteiger partial charge in [-0.3, -0.25) is 9.78 Å². The third kappa shape index (κ3) is 3.40. The van der Waals surface area contributed by atoms with Crippen LogP contribution >= 0.6 is 0 Å². The van der Waals surface area contributed by atoms with Gasteiger partial charge in [0.25, 0.3) is 5.91 Å². The predicted molar refractivity (Wildman–Crippen MR) is 67.5 cm³/mol. The van der Waals surface area contributed by atoms with E-state index in [0.29, 0.717) is 18.1 Å². The van der Waals surface area contributed by atoms with Crippen LogP contribution in [0.4, 0.5) is 5.82 Å². The maximum absolute atomic E-state index is 11.9. The number of hydrogen-bond donors (Lipinski definition) is 2. The van der Waals surface area contributed by atoms with E-state index in [4.69, 9.17) is 4.74 Å². The van der Waals surface area contributed by atoms with Crippen molar-refractivity contribution in [2.24, 2.45) is 0 Å². The number of nitrogens with zero attached hydrogens (tertiary/aromatic N) is 2. The molecule has 1 fully saturated rings. The van der Waals surface area contributed by atoms with Gasteiger partial charge in [0.15, 0.2) is 0 Å². The van der Waals surface area contributed by atoms with Crippen LogP contribution in [0, 0.1) is 0 Å². The minimum atomic E-state index is -0.210. The number of carbonyl (C=O) groups is 1. The minimum Gasteiger partial charge on any atom is -0.376 e. The molecule has 6 heteroatoms. The molecule has 0 radical (unpaired) electrons. The molecule has 1 unspecified atom stereocenters. The van der Waals surface area contributed by atoms with Crippen molar-refractivity contribution in [3.05, 3.63) is 18.1 Å². The van der Waals surface area contributed by atoms with E-state index in [1.807, 2.05) is 6.92 Å². The van der Waals surface area contributed by atoms with Gasteiger partial charge in [-0.15, -0.1) is 0 Å². The number of anilines is 1. The lowest BCUT2D eigenvalue weighted by molar-refractivity contribution is 0.0853. The third-order valence-electron chi connectivity index (χ3n) is 2.74. The summed E-state index contributed by atoms with van der Waals surface area (Å²) in [6, 6.07) is 0. The van der Waals surface area contributed by atoms with Crippen molar-refractivity contribution in [1.82, 2.24) is 15.3 Å². The topological polar surface area (TPSA) is 76.1 Å². The van der Waals surface area contributed by atoms with Gasteiger partial charge in [0, 0.05) is 19.7 Å². The number of hydrogen-bond acceptors (Lipinski definition) is 5. The zero-order valence-electron chi connectivity index (χ0n) is 10.5. The summed E-state index contributed by atoms with van der Waals surface area (Å²) in [5.41, 5.74) is 0.325. The lowest BCUT2D eigenvalue weighted by Gasteiger charge is -2.10. The summed E-state index contributed by atoms with van der Waals surface area (Å²) in [6.07, 6.45) is 5.27. The average Bonchev–Trinajstić information content (AvgIpc) is 2.90. The largest absolute Gasteiger partial charge is 0.376 e. The normalized spacial score (nSPS) is 18.6. The Hall–Kier alpha value is -1.69. The van der Waals surface area contributed by atoms with Crippen molar-refractivity contribution in [2.45, 2.75) is 25.9 Å². The van der Waals surface area contributed by atoms with Crippen LogP contribution in [0.1, 0.15) is 30.3 Å². The van der Waals surface area contributed by atoms with Crippen molar-refractivity contribution in [2.75, 3.05) is 25.0 Å². The first kappa shape index (κ1) is 12.8. The number of aromatic nitrogens is 2. The molecule has 0 aromatic carbocycles. The Labute approximate surface area is 106 Å².